The molecule has 1 aliphatic heterocycles. The van der Waals surface area contributed by atoms with Crippen LogP contribution < -0.4 is 5.32 Å². The maximum Gasteiger partial charge on any atom is 0.416 e. The second-order valence-corrected chi connectivity index (χ2v) is 3.79. The summed E-state index contributed by atoms with van der Waals surface area (Å²) in [4.78, 5) is 11.0. The van der Waals surface area contributed by atoms with E-state index in [1.54, 1.807) is 6.07 Å². The van der Waals surface area contributed by atoms with Gasteiger partial charge >= 0.3 is 6.18 Å². The molecule has 1 saturated heterocycles. The number of carbonyl (C=O) groups is 1. The zero-order valence-electron chi connectivity index (χ0n) is 8.34. The van der Waals surface area contributed by atoms with Gasteiger partial charge in [0, 0.05) is 18.9 Å². The molecule has 2 rings (SSSR count). The molecule has 2 nitrogen and oxygen atoms in total. The van der Waals surface area contributed by atoms with Crippen LogP contribution in [0.2, 0.25) is 0 Å². The molecule has 86 valence electrons. The van der Waals surface area contributed by atoms with Crippen molar-refractivity contribution in [3.63, 3.8) is 0 Å². The predicted octanol–water partition coefficient (Wildman–Crippen LogP) is 2.31. The number of rotatable bonds is 1. The molecular weight excluding hydrogens is 219 g/mol. The lowest BCUT2D eigenvalue weighted by molar-refractivity contribution is -0.138. The Morgan fingerprint density at radius 3 is 2.50 bits per heavy atom. The first kappa shape index (κ1) is 11.0. The topological polar surface area (TPSA) is 29.1 Å². The molecule has 1 aromatic rings. The molecule has 0 aromatic heterocycles. The van der Waals surface area contributed by atoms with Gasteiger partial charge in [0.1, 0.15) is 0 Å². The molecule has 0 aliphatic carbocycles. The summed E-state index contributed by atoms with van der Waals surface area (Å²) in [5, 5.41) is 2.54. The van der Waals surface area contributed by atoms with Gasteiger partial charge in [-0.05, 0) is 11.6 Å². The Labute approximate surface area is 90.5 Å². The van der Waals surface area contributed by atoms with Crippen molar-refractivity contribution in [2.24, 2.45) is 0 Å². The zero-order chi connectivity index (χ0) is 11.8. The van der Waals surface area contributed by atoms with E-state index < -0.39 is 11.7 Å². The summed E-state index contributed by atoms with van der Waals surface area (Å²) in [7, 11) is 0. The lowest BCUT2D eigenvalue weighted by atomic mass is 9.93. The van der Waals surface area contributed by atoms with E-state index >= 15 is 0 Å². The van der Waals surface area contributed by atoms with Gasteiger partial charge < -0.3 is 5.32 Å². The van der Waals surface area contributed by atoms with Crippen molar-refractivity contribution in [1.29, 1.82) is 0 Å². The maximum atomic E-state index is 12.7. The maximum absolute atomic E-state index is 12.7. The third kappa shape index (κ3) is 2.03. The molecule has 1 fully saturated rings. The van der Waals surface area contributed by atoms with Gasteiger partial charge in [0.25, 0.3) is 0 Å². The molecule has 1 N–H and O–H groups in total. The van der Waals surface area contributed by atoms with Gasteiger partial charge in [-0.2, -0.15) is 13.2 Å². The molecule has 1 heterocycles. The van der Waals surface area contributed by atoms with Crippen molar-refractivity contribution in [3.8, 4) is 0 Å². The minimum atomic E-state index is -4.36. The van der Waals surface area contributed by atoms with Crippen molar-refractivity contribution in [2.75, 3.05) is 6.54 Å². The molecule has 1 atom stereocenters. The minimum absolute atomic E-state index is 0.132. The summed E-state index contributed by atoms with van der Waals surface area (Å²) in [6, 6.07) is 5.41. The van der Waals surface area contributed by atoms with Crippen LogP contribution in [0.1, 0.15) is 23.5 Å². The van der Waals surface area contributed by atoms with Crippen LogP contribution in [0.25, 0.3) is 0 Å². The van der Waals surface area contributed by atoms with E-state index in [0.29, 0.717) is 0 Å². The monoisotopic (exact) mass is 229 g/mol. The number of halogens is 3. The first-order valence-corrected chi connectivity index (χ1v) is 4.91. The third-order valence-electron chi connectivity index (χ3n) is 2.68. The standard InChI is InChI=1S/C11H10F3NO/c12-11(13,14)9-4-2-1-3-8(9)7-5-10(16)15-6-7/h1-4,7H,5-6H2,(H,15,16). The van der Waals surface area contributed by atoms with Crippen molar-refractivity contribution < 1.29 is 18.0 Å². The highest BCUT2D eigenvalue weighted by molar-refractivity contribution is 5.79. The normalized spacial score (nSPS) is 20.9. The van der Waals surface area contributed by atoms with Gasteiger partial charge in [-0.15, -0.1) is 0 Å². The van der Waals surface area contributed by atoms with Crippen LogP contribution in [-0.4, -0.2) is 12.5 Å². The molecule has 0 bridgehead atoms. The molecule has 1 unspecified atom stereocenters. The Bertz CT molecular complexity index is 414. The average molecular weight is 229 g/mol. The number of benzene rings is 1. The van der Waals surface area contributed by atoms with E-state index in [2.05, 4.69) is 5.32 Å². The summed E-state index contributed by atoms with van der Waals surface area (Å²) in [6.45, 7) is 0.284. The van der Waals surface area contributed by atoms with Crippen LogP contribution in [0, 0.1) is 0 Å². The third-order valence-corrected chi connectivity index (χ3v) is 2.68. The van der Waals surface area contributed by atoms with Gasteiger partial charge in [0.15, 0.2) is 0 Å². The predicted molar refractivity (Wildman–Crippen MR) is 51.8 cm³/mol. The second-order valence-electron chi connectivity index (χ2n) is 3.79. The van der Waals surface area contributed by atoms with Crippen LogP contribution in [0.3, 0.4) is 0 Å². The van der Waals surface area contributed by atoms with Gasteiger partial charge in [0.2, 0.25) is 5.91 Å². The van der Waals surface area contributed by atoms with Crippen molar-refractivity contribution in [3.05, 3.63) is 35.4 Å². The fraction of sp³-hybridized carbons (Fsp3) is 0.364. The lowest BCUT2D eigenvalue weighted by Crippen LogP contribution is -2.15. The minimum Gasteiger partial charge on any atom is -0.355 e. The fourth-order valence-corrected chi connectivity index (χ4v) is 1.94. The lowest BCUT2D eigenvalue weighted by Gasteiger charge is -2.16. The van der Waals surface area contributed by atoms with Crippen molar-refractivity contribution in [1.82, 2.24) is 5.32 Å². The van der Waals surface area contributed by atoms with E-state index in [9.17, 15) is 18.0 Å². The number of carbonyl (C=O) groups excluding carboxylic acids is 1. The molecule has 16 heavy (non-hydrogen) atoms. The molecule has 0 saturated carbocycles. The number of hydrogen-bond acceptors (Lipinski definition) is 1. The fourth-order valence-electron chi connectivity index (χ4n) is 1.94. The number of nitrogens with one attached hydrogen (secondary N) is 1. The van der Waals surface area contributed by atoms with E-state index in [1.165, 1.54) is 12.1 Å². The number of hydrogen-bond donors (Lipinski definition) is 1. The molecule has 1 aromatic carbocycles. The van der Waals surface area contributed by atoms with Crippen LogP contribution in [0.15, 0.2) is 24.3 Å². The van der Waals surface area contributed by atoms with Crippen LogP contribution >= 0.6 is 0 Å². The largest absolute Gasteiger partial charge is 0.416 e. The summed E-state index contributed by atoms with van der Waals surface area (Å²) >= 11 is 0. The van der Waals surface area contributed by atoms with E-state index in [4.69, 9.17) is 0 Å². The highest BCUT2D eigenvalue weighted by Crippen LogP contribution is 2.36. The summed E-state index contributed by atoms with van der Waals surface area (Å²) in [5.41, 5.74) is -0.440. The van der Waals surface area contributed by atoms with Gasteiger partial charge in [-0.25, -0.2) is 0 Å². The summed E-state index contributed by atoms with van der Waals surface area (Å²) in [5.74, 6) is -0.563. The quantitative estimate of drug-likeness (QED) is 0.786. The molecule has 1 aliphatic rings. The first-order chi connectivity index (χ1) is 7.48. The van der Waals surface area contributed by atoms with Gasteiger partial charge in [0.05, 0.1) is 5.56 Å². The molecular formula is C11H10F3NO. The highest BCUT2D eigenvalue weighted by atomic mass is 19.4. The average Bonchev–Trinajstić information content (AvgIpc) is 2.64. The number of alkyl halides is 3. The second kappa shape index (κ2) is 3.81. The van der Waals surface area contributed by atoms with Crippen LogP contribution in [-0.2, 0) is 11.0 Å². The van der Waals surface area contributed by atoms with Crippen LogP contribution in [0.5, 0.6) is 0 Å². The van der Waals surface area contributed by atoms with Gasteiger partial charge in [-0.1, -0.05) is 18.2 Å². The Morgan fingerprint density at radius 2 is 1.94 bits per heavy atom. The van der Waals surface area contributed by atoms with Crippen LogP contribution in [0.4, 0.5) is 13.2 Å². The summed E-state index contributed by atoms with van der Waals surface area (Å²) < 4.78 is 38.1. The Hall–Kier alpha value is -1.52. The van der Waals surface area contributed by atoms with Gasteiger partial charge in [-0.3, -0.25) is 4.79 Å². The SMILES string of the molecule is O=C1CC(c2ccccc2C(F)(F)F)CN1. The Kier molecular flexibility index (Phi) is 2.61. The van der Waals surface area contributed by atoms with E-state index in [1.807, 2.05) is 0 Å². The summed E-state index contributed by atoms with van der Waals surface area (Å²) in [6.07, 6.45) is -4.23. The molecule has 0 spiro atoms. The van der Waals surface area contributed by atoms with E-state index in [0.717, 1.165) is 6.07 Å². The molecule has 5 heteroatoms. The highest BCUT2D eigenvalue weighted by Gasteiger charge is 2.36. The zero-order valence-corrected chi connectivity index (χ0v) is 8.34. The number of amides is 1. The Balaban J connectivity index is 2.37. The van der Waals surface area contributed by atoms with Crippen molar-refractivity contribution >= 4 is 5.91 Å². The van der Waals surface area contributed by atoms with Crippen molar-refractivity contribution in [2.45, 2.75) is 18.5 Å². The molecule has 1 amide bonds. The van der Waals surface area contributed by atoms with E-state index in [-0.39, 0.29) is 30.4 Å². The Morgan fingerprint density at radius 1 is 1.25 bits per heavy atom. The first-order valence-electron chi connectivity index (χ1n) is 4.91. The molecule has 0 radical (unpaired) electrons. The smallest absolute Gasteiger partial charge is 0.355 e.